The van der Waals surface area contributed by atoms with Gasteiger partial charge in [0, 0.05) is 29.7 Å². The van der Waals surface area contributed by atoms with Gasteiger partial charge in [-0.05, 0) is 43.2 Å². The van der Waals surface area contributed by atoms with Crippen LogP contribution in [-0.2, 0) is 17.8 Å². The van der Waals surface area contributed by atoms with Crippen molar-refractivity contribution in [3.8, 4) is 0 Å². The Kier molecular flexibility index (Phi) is 6.74. The molecule has 1 aliphatic heterocycles. The predicted octanol–water partition coefficient (Wildman–Crippen LogP) is 3.98. The molecule has 1 saturated heterocycles. The number of nitrogens with one attached hydrogen (secondary N) is 1. The van der Waals surface area contributed by atoms with E-state index in [1.165, 1.54) is 4.90 Å². The first kappa shape index (κ1) is 22.6. The van der Waals surface area contributed by atoms with E-state index in [0.29, 0.717) is 52.2 Å². The van der Waals surface area contributed by atoms with Gasteiger partial charge in [-0.15, -0.1) is 0 Å². The Morgan fingerprint density at radius 3 is 2.72 bits per heavy atom. The molecule has 0 bridgehead atoms. The monoisotopic (exact) mass is 490 g/mol. The summed E-state index contributed by atoms with van der Waals surface area (Å²) in [6, 6.07) is 11.9. The molecule has 1 N–H and O–H groups in total. The van der Waals surface area contributed by atoms with Gasteiger partial charge in [0.25, 0.3) is 5.56 Å². The standard InChI is InChI=1S/C22H20Cl2N4O3S/c1-13(19(29)27-11-9-25-21(27)31)32-22-26-18-5-3-2-4-16(18)20(30)28(22)10-8-14-6-7-15(23)12-17(14)24/h2-7,12-13H,8-11H2,1H3,(H,25,31). The third-order valence-corrected chi connectivity index (χ3v) is 6.86. The lowest BCUT2D eigenvalue weighted by Gasteiger charge is -2.19. The highest BCUT2D eigenvalue weighted by atomic mass is 35.5. The molecule has 2 aromatic carbocycles. The number of benzene rings is 2. The summed E-state index contributed by atoms with van der Waals surface area (Å²) < 4.78 is 1.56. The molecule has 32 heavy (non-hydrogen) atoms. The van der Waals surface area contributed by atoms with Gasteiger partial charge >= 0.3 is 6.03 Å². The number of amides is 3. The fraction of sp³-hybridized carbons (Fsp3) is 0.273. The van der Waals surface area contributed by atoms with E-state index in [9.17, 15) is 14.4 Å². The third kappa shape index (κ3) is 4.62. The largest absolute Gasteiger partial charge is 0.336 e. The van der Waals surface area contributed by atoms with Crippen LogP contribution in [0.15, 0.2) is 52.4 Å². The number of nitrogens with zero attached hydrogens (tertiary/aromatic N) is 3. The van der Waals surface area contributed by atoms with Crippen LogP contribution >= 0.6 is 35.0 Å². The van der Waals surface area contributed by atoms with Crippen LogP contribution in [0, 0.1) is 0 Å². The summed E-state index contributed by atoms with van der Waals surface area (Å²) in [5, 5.41) is 4.00. The van der Waals surface area contributed by atoms with Crippen molar-refractivity contribution in [2.75, 3.05) is 13.1 Å². The van der Waals surface area contributed by atoms with Crippen LogP contribution in [-0.4, -0.2) is 44.7 Å². The van der Waals surface area contributed by atoms with Crippen LogP contribution < -0.4 is 10.9 Å². The average molecular weight is 491 g/mol. The van der Waals surface area contributed by atoms with E-state index in [2.05, 4.69) is 10.3 Å². The minimum atomic E-state index is -0.600. The van der Waals surface area contributed by atoms with Crippen molar-refractivity contribution in [3.63, 3.8) is 0 Å². The van der Waals surface area contributed by atoms with Crippen molar-refractivity contribution in [3.05, 3.63) is 68.4 Å². The van der Waals surface area contributed by atoms with Gasteiger partial charge in [0.15, 0.2) is 5.16 Å². The molecule has 1 unspecified atom stereocenters. The van der Waals surface area contributed by atoms with Gasteiger partial charge in [-0.25, -0.2) is 9.78 Å². The number of aromatic nitrogens is 2. The second kappa shape index (κ2) is 9.52. The van der Waals surface area contributed by atoms with Gasteiger partial charge in [0.2, 0.25) is 5.91 Å². The molecule has 166 valence electrons. The molecule has 7 nitrogen and oxygen atoms in total. The maximum atomic E-state index is 13.3. The molecule has 0 spiro atoms. The van der Waals surface area contributed by atoms with Crippen LogP contribution in [0.2, 0.25) is 10.0 Å². The molecular formula is C22H20Cl2N4O3S. The van der Waals surface area contributed by atoms with Crippen LogP contribution in [0.25, 0.3) is 10.9 Å². The molecule has 2 heterocycles. The first-order valence-electron chi connectivity index (χ1n) is 10.0. The number of urea groups is 1. The van der Waals surface area contributed by atoms with Crippen molar-refractivity contribution >= 4 is 57.8 Å². The zero-order valence-electron chi connectivity index (χ0n) is 17.2. The van der Waals surface area contributed by atoms with Gasteiger partial charge in [-0.3, -0.25) is 19.1 Å². The minimum absolute atomic E-state index is 0.193. The maximum absolute atomic E-state index is 13.3. The van der Waals surface area contributed by atoms with Crippen LogP contribution in [0.3, 0.4) is 0 Å². The third-order valence-electron chi connectivity index (χ3n) is 5.20. The second-order valence-electron chi connectivity index (χ2n) is 7.34. The van der Waals surface area contributed by atoms with Crippen LogP contribution in [0.4, 0.5) is 4.79 Å². The molecule has 1 aromatic heterocycles. The van der Waals surface area contributed by atoms with E-state index < -0.39 is 11.3 Å². The van der Waals surface area contributed by atoms with E-state index in [0.717, 1.165) is 17.3 Å². The smallest absolute Gasteiger partial charge is 0.324 e. The highest BCUT2D eigenvalue weighted by Gasteiger charge is 2.31. The molecular weight excluding hydrogens is 471 g/mol. The van der Waals surface area contributed by atoms with E-state index in [4.69, 9.17) is 23.2 Å². The lowest BCUT2D eigenvalue weighted by molar-refractivity contribution is -0.126. The summed E-state index contributed by atoms with van der Waals surface area (Å²) in [7, 11) is 0. The molecule has 10 heteroatoms. The number of halogens is 2. The highest BCUT2D eigenvalue weighted by Crippen LogP contribution is 2.26. The normalized spacial score (nSPS) is 14.6. The van der Waals surface area contributed by atoms with Gasteiger partial charge in [0.1, 0.15) is 0 Å². The summed E-state index contributed by atoms with van der Waals surface area (Å²) in [5.41, 5.74) is 1.21. The molecule has 3 amide bonds. The Morgan fingerprint density at radius 1 is 1.22 bits per heavy atom. The zero-order valence-corrected chi connectivity index (χ0v) is 19.5. The molecule has 1 fully saturated rings. The van der Waals surface area contributed by atoms with E-state index in [-0.39, 0.29) is 11.5 Å². The Morgan fingerprint density at radius 2 is 2.00 bits per heavy atom. The SMILES string of the molecule is CC(Sc1nc2ccccc2c(=O)n1CCc1ccc(Cl)cc1Cl)C(=O)N1CCNC1=O. The number of carbonyl (C=O) groups is 2. The Bertz CT molecular complexity index is 1260. The van der Waals surface area contributed by atoms with E-state index in [1.54, 1.807) is 41.8 Å². The van der Waals surface area contributed by atoms with E-state index >= 15 is 0 Å². The second-order valence-corrected chi connectivity index (χ2v) is 9.49. The quantitative estimate of drug-likeness (QED) is 0.417. The number of aryl methyl sites for hydroxylation is 1. The number of fused-ring (bicyclic) bond motifs is 1. The number of thioether (sulfide) groups is 1. The fourth-order valence-electron chi connectivity index (χ4n) is 3.50. The van der Waals surface area contributed by atoms with Gasteiger partial charge < -0.3 is 5.32 Å². The van der Waals surface area contributed by atoms with Crippen molar-refractivity contribution in [2.24, 2.45) is 0 Å². The number of para-hydroxylation sites is 1. The lowest BCUT2D eigenvalue weighted by Crippen LogP contribution is -2.39. The number of rotatable bonds is 6. The summed E-state index contributed by atoms with van der Waals surface area (Å²) >= 11 is 13.5. The minimum Gasteiger partial charge on any atom is -0.336 e. The molecule has 0 aliphatic carbocycles. The lowest BCUT2D eigenvalue weighted by atomic mass is 10.1. The predicted molar refractivity (Wildman–Crippen MR) is 127 cm³/mol. The topological polar surface area (TPSA) is 84.3 Å². The Balaban J connectivity index is 1.66. The summed E-state index contributed by atoms with van der Waals surface area (Å²) in [4.78, 5) is 43.8. The number of hydrogen-bond donors (Lipinski definition) is 1. The van der Waals surface area contributed by atoms with Gasteiger partial charge in [-0.1, -0.05) is 53.2 Å². The van der Waals surface area contributed by atoms with Crippen LogP contribution in [0.5, 0.6) is 0 Å². The van der Waals surface area contributed by atoms with Gasteiger partial charge in [-0.2, -0.15) is 0 Å². The number of carbonyl (C=O) groups excluding carboxylic acids is 2. The summed E-state index contributed by atoms with van der Waals surface area (Å²) in [5.74, 6) is -0.320. The zero-order chi connectivity index (χ0) is 22.8. The molecule has 4 rings (SSSR count). The summed E-state index contributed by atoms with van der Waals surface area (Å²) in [6.45, 7) is 2.80. The number of hydrogen-bond acceptors (Lipinski definition) is 5. The first-order chi connectivity index (χ1) is 15.3. The van der Waals surface area contributed by atoms with Crippen LogP contribution in [0.1, 0.15) is 12.5 Å². The van der Waals surface area contributed by atoms with Crippen molar-refractivity contribution < 1.29 is 9.59 Å². The molecule has 1 atom stereocenters. The Labute approximate surface area is 198 Å². The average Bonchev–Trinajstić information content (AvgIpc) is 3.20. The first-order valence-corrected chi connectivity index (χ1v) is 11.7. The maximum Gasteiger partial charge on any atom is 0.324 e. The Hall–Kier alpha value is -2.55. The molecule has 3 aromatic rings. The molecule has 1 aliphatic rings. The van der Waals surface area contributed by atoms with Crippen molar-refractivity contribution in [1.29, 1.82) is 0 Å². The van der Waals surface area contributed by atoms with Gasteiger partial charge in [0.05, 0.1) is 16.2 Å². The number of imide groups is 1. The summed E-state index contributed by atoms with van der Waals surface area (Å²) in [6.07, 6.45) is 0.486. The molecule has 0 radical (unpaired) electrons. The van der Waals surface area contributed by atoms with Crippen molar-refractivity contribution in [1.82, 2.24) is 19.8 Å². The molecule has 0 saturated carbocycles. The highest BCUT2D eigenvalue weighted by molar-refractivity contribution is 8.00. The van der Waals surface area contributed by atoms with E-state index in [1.807, 2.05) is 12.1 Å². The fourth-order valence-corrected chi connectivity index (χ4v) is 5.00. The van der Waals surface area contributed by atoms with Crippen molar-refractivity contribution in [2.45, 2.75) is 30.3 Å².